The van der Waals surface area contributed by atoms with Crippen LogP contribution in [0.5, 0.6) is 0 Å². The lowest BCUT2D eigenvalue weighted by Crippen LogP contribution is -2.45. The van der Waals surface area contributed by atoms with Gasteiger partial charge in [-0.2, -0.15) is 5.26 Å². The number of ether oxygens (including phenoxy) is 2. The van der Waals surface area contributed by atoms with Gasteiger partial charge in [0.05, 0.1) is 23.5 Å². The second-order valence-corrected chi connectivity index (χ2v) is 5.33. The van der Waals surface area contributed by atoms with Crippen LogP contribution in [0, 0.1) is 11.3 Å². The highest BCUT2D eigenvalue weighted by Gasteiger charge is 2.41. The second-order valence-electron chi connectivity index (χ2n) is 5.33. The largest absolute Gasteiger partial charge is 0.381 e. The molecule has 2 fully saturated rings. The van der Waals surface area contributed by atoms with Crippen molar-refractivity contribution in [2.75, 3.05) is 25.1 Å². The zero-order valence-electron chi connectivity index (χ0n) is 10.9. The molecule has 0 saturated carbocycles. The number of hydrogen-bond donors (Lipinski definition) is 1. The van der Waals surface area contributed by atoms with Crippen LogP contribution in [0.4, 0.5) is 5.69 Å². The van der Waals surface area contributed by atoms with Crippen LogP contribution in [0.3, 0.4) is 0 Å². The van der Waals surface area contributed by atoms with E-state index >= 15 is 0 Å². The first-order chi connectivity index (χ1) is 9.31. The quantitative estimate of drug-likeness (QED) is 0.884. The molecule has 3 rings (SSSR count). The van der Waals surface area contributed by atoms with Crippen LogP contribution in [0.2, 0.25) is 0 Å². The molecule has 4 heteroatoms. The zero-order chi connectivity index (χ0) is 13.1. The van der Waals surface area contributed by atoms with Crippen LogP contribution in [0.1, 0.15) is 24.8 Å². The predicted molar refractivity (Wildman–Crippen MR) is 71.9 cm³/mol. The molecule has 4 nitrogen and oxygen atoms in total. The van der Waals surface area contributed by atoms with E-state index in [1.807, 2.05) is 24.3 Å². The normalized spacial score (nSPS) is 30.2. The Morgan fingerprint density at radius 3 is 3.00 bits per heavy atom. The van der Waals surface area contributed by atoms with E-state index in [-0.39, 0.29) is 5.60 Å². The molecule has 0 aliphatic carbocycles. The molecular weight excluding hydrogens is 240 g/mol. The smallest absolute Gasteiger partial charge is 0.101 e. The van der Waals surface area contributed by atoms with E-state index in [0.29, 0.717) is 18.2 Å². The van der Waals surface area contributed by atoms with Gasteiger partial charge in [-0.15, -0.1) is 0 Å². The van der Waals surface area contributed by atoms with E-state index in [4.69, 9.17) is 14.7 Å². The molecule has 2 aliphatic rings. The molecule has 0 bridgehead atoms. The fourth-order valence-electron chi connectivity index (χ4n) is 2.94. The molecule has 0 radical (unpaired) electrons. The van der Waals surface area contributed by atoms with Crippen molar-refractivity contribution >= 4 is 5.69 Å². The molecule has 1 N–H and O–H groups in total. The van der Waals surface area contributed by atoms with E-state index < -0.39 is 0 Å². The number of nitriles is 1. The van der Waals surface area contributed by atoms with E-state index in [9.17, 15) is 0 Å². The summed E-state index contributed by atoms with van der Waals surface area (Å²) in [6, 6.07) is 10.2. The van der Waals surface area contributed by atoms with Gasteiger partial charge >= 0.3 is 0 Å². The van der Waals surface area contributed by atoms with Gasteiger partial charge in [-0.05, 0) is 25.0 Å². The summed E-state index contributed by atoms with van der Waals surface area (Å²) in [5.41, 5.74) is 1.52. The summed E-state index contributed by atoms with van der Waals surface area (Å²) in [5, 5.41) is 12.6. The second kappa shape index (κ2) is 5.20. The monoisotopic (exact) mass is 258 g/mol. The number of nitrogens with one attached hydrogen (secondary N) is 1. The minimum atomic E-state index is -0.0997. The molecule has 0 amide bonds. The Balaban J connectivity index is 1.71. The molecule has 1 aromatic rings. The van der Waals surface area contributed by atoms with Crippen molar-refractivity contribution in [2.24, 2.45) is 0 Å². The maximum Gasteiger partial charge on any atom is 0.101 e. The van der Waals surface area contributed by atoms with Gasteiger partial charge in [0.15, 0.2) is 0 Å². The lowest BCUT2D eigenvalue weighted by Gasteiger charge is -2.37. The molecule has 2 saturated heterocycles. The van der Waals surface area contributed by atoms with Crippen LogP contribution in [0.25, 0.3) is 0 Å². The highest BCUT2D eigenvalue weighted by Crippen LogP contribution is 2.34. The first-order valence-corrected chi connectivity index (χ1v) is 6.79. The fourth-order valence-corrected chi connectivity index (χ4v) is 2.94. The van der Waals surface area contributed by atoms with Gasteiger partial charge in [0.1, 0.15) is 6.07 Å². The van der Waals surface area contributed by atoms with Crippen molar-refractivity contribution in [2.45, 2.75) is 30.9 Å². The zero-order valence-corrected chi connectivity index (χ0v) is 10.9. The Bertz CT molecular complexity index is 489. The van der Waals surface area contributed by atoms with Crippen molar-refractivity contribution in [3.05, 3.63) is 29.8 Å². The van der Waals surface area contributed by atoms with E-state index in [1.165, 1.54) is 0 Å². The molecule has 1 spiro atoms. The standard InChI is InChI=1S/C15H18N2O2/c16-10-12-3-1-2-4-14(12)17-13-5-7-19-15(9-13)6-8-18-11-15/h1-4,13,17H,5-9,11H2. The third-order valence-electron chi connectivity index (χ3n) is 3.97. The minimum Gasteiger partial charge on any atom is -0.381 e. The third kappa shape index (κ3) is 2.58. The highest BCUT2D eigenvalue weighted by atomic mass is 16.6. The number of benzene rings is 1. The average molecular weight is 258 g/mol. The lowest BCUT2D eigenvalue weighted by atomic mass is 9.89. The van der Waals surface area contributed by atoms with Gasteiger partial charge in [0.2, 0.25) is 0 Å². The van der Waals surface area contributed by atoms with Crippen LogP contribution in [-0.2, 0) is 9.47 Å². The van der Waals surface area contributed by atoms with E-state index in [0.717, 1.165) is 38.2 Å². The van der Waals surface area contributed by atoms with Crippen molar-refractivity contribution < 1.29 is 9.47 Å². The number of para-hydroxylation sites is 1. The van der Waals surface area contributed by atoms with Crippen molar-refractivity contribution in [1.82, 2.24) is 0 Å². The van der Waals surface area contributed by atoms with Gasteiger partial charge in [-0.25, -0.2) is 0 Å². The minimum absolute atomic E-state index is 0.0997. The maximum absolute atomic E-state index is 9.12. The van der Waals surface area contributed by atoms with Crippen LogP contribution in [0.15, 0.2) is 24.3 Å². The summed E-state index contributed by atoms with van der Waals surface area (Å²) in [7, 11) is 0. The fraction of sp³-hybridized carbons (Fsp3) is 0.533. The molecule has 2 atom stereocenters. The Labute approximate surface area is 113 Å². The number of hydrogen-bond acceptors (Lipinski definition) is 4. The van der Waals surface area contributed by atoms with E-state index in [2.05, 4.69) is 11.4 Å². The summed E-state index contributed by atoms with van der Waals surface area (Å²) < 4.78 is 11.4. The molecule has 100 valence electrons. The Morgan fingerprint density at radius 1 is 1.32 bits per heavy atom. The topological polar surface area (TPSA) is 54.3 Å². The number of nitrogens with zero attached hydrogens (tertiary/aromatic N) is 1. The summed E-state index contributed by atoms with van der Waals surface area (Å²) in [4.78, 5) is 0. The summed E-state index contributed by atoms with van der Waals surface area (Å²) in [5.74, 6) is 0. The molecule has 2 heterocycles. The highest BCUT2D eigenvalue weighted by molar-refractivity contribution is 5.57. The Hall–Kier alpha value is -1.57. The van der Waals surface area contributed by atoms with E-state index in [1.54, 1.807) is 0 Å². The molecular formula is C15H18N2O2. The van der Waals surface area contributed by atoms with Gasteiger partial charge in [0.25, 0.3) is 0 Å². The summed E-state index contributed by atoms with van der Waals surface area (Å²) in [6.07, 6.45) is 2.90. The first-order valence-electron chi connectivity index (χ1n) is 6.79. The molecule has 19 heavy (non-hydrogen) atoms. The average Bonchev–Trinajstić information content (AvgIpc) is 2.87. The van der Waals surface area contributed by atoms with Crippen molar-refractivity contribution in [3.63, 3.8) is 0 Å². The molecule has 2 unspecified atom stereocenters. The van der Waals surface area contributed by atoms with Crippen molar-refractivity contribution in [3.8, 4) is 6.07 Å². The van der Waals surface area contributed by atoms with Gasteiger partial charge in [0, 0.05) is 25.7 Å². The number of rotatable bonds is 2. The first kappa shape index (κ1) is 12.5. The Morgan fingerprint density at radius 2 is 2.21 bits per heavy atom. The van der Waals surface area contributed by atoms with Gasteiger partial charge in [-0.1, -0.05) is 12.1 Å². The molecule has 1 aromatic carbocycles. The SMILES string of the molecule is N#Cc1ccccc1NC1CCOC2(CCOC2)C1. The maximum atomic E-state index is 9.12. The molecule has 0 aromatic heterocycles. The van der Waals surface area contributed by atoms with Gasteiger partial charge in [-0.3, -0.25) is 0 Å². The lowest BCUT2D eigenvalue weighted by molar-refractivity contribution is -0.0828. The third-order valence-corrected chi connectivity index (χ3v) is 3.97. The summed E-state index contributed by atoms with van der Waals surface area (Å²) >= 11 is 0. The predicted octanol–water partition coefficient (Wildman–Crippen LogP) is 2.31. The summed E-state index contributed by atoms with van der Waals surface area (Å²) in [6.45, 7) is 2.25. The van der Waals surface area contributed by atoms with Crippen molar-refractivity contribution in [1.29, 1.82) is 5.26 Å². The molecule has 2 aliphatic heterocycles. The Kier molecular flexibility index (Phi) is 3.41. The number of anilines is 1. The van der Waals surface area contributed by atoms with Crippen LogP contribution < -0.4 is 5.32 Å². The van der Waals surface area contributed by atoms with Crippen LogP contribution in [-0.4, -0.2) is 31.5 Å². The van der Waals surface area contributed by atoms with Gasteiger partial charge < -0.3 is 14.8 Å². The van der Waals surface area contributed by atoms with Crippen LogP contribution >= 0.6 is 0 Å².